The smallest absolute Gasteiger partial charge is 0.146 e. The number of hydrogen-bond donors (Lipinski definition) is 2. The number of nitrogens with one attached hydrogen (secondary N) is 1. The van der Waals surface area contributed by atoms with Crippen LogP contribution in [0.2, 0.25) is 0 Å². The van der Waals surface area contributed by atoms with Gasteiger partial charge in [-0.3, -0.25) is 0 Å². The number of rotatable bonds is 2. The zero-order valence-electron chi connectivity index (χ0n) is 5.79. The molecule has 1 rings (SSSR count). The van der Waals surface area contributed by atoms with Crippen LogP contribution >= 0.6 is 0 Å². The summed E-state index contributed by atoms with van der Waals surface area (Å²) in [5.41, 5.74) is 1.04. The van der Waals surface area contributed by atoms with Crippen molar-refractivity contribution in [1.82, 2.24) is 0 Å². The molecule has 0 aliphatic carbocycles. The zero-order chi connectivity index (χ0) is 7.40. The van der Waals surface area contributed by atoms with Gasteiger partial charge in [-0.25, -0.2) is 0 Å². The normalized spacial score (nSPS) is 9.00. The van der Waals surface area contributed by atoms with Crippen LogP contribution in [-0.4, -0.2) is 7.05 Å². The summed E-state index contributed by atoms with van der Waals surface area (Å²) in [6.45, 7) is 0. The molecule has 0 radical (unpaired) electrons. The summed E-state index contributed by atoms with van der Waals surface area (Å²) in [6, 6.07) is 7.38. The molecule has 10 heavy (non-hydrogen) atoms. The van der Waals surface area contributed by atoms with Crippen molar-refractivity contribution in [3.05, 3.63) is 24.3 Å². The van der Waals surface area contributed by atoms with Crippen LogP contribution in [0.3, 0.4) is 0 Å². The predicted molar refractivity (Wildman–Crippen MR) is 40.8 cm³/mol. The fourth-order valence-corrected chi connectivity index (χ4v) is 0.700. The SMILES string of the molecule is CNc1ccc(ON)cc1. The lowest BCUT2D eigenvalue weighted by Gasteiger charge is -2.00. The first-order valence-corrected chi connectivity index (χ1v) is 3.01. The monoisotopic (exact) mass is 138 g/mol. The third kappa shape index (κ3) is 1.39. The number of nitrogens with two attached hydrogens (primary N) is 1. The Bertz CT molecular complexity index is 172. The largest absolute Gasteiger partial charge is 0.412 e. The van der Waals surface area contributed by atoms with Crippen molar-refractivity contribution in [1.29, 1.82) is 0 Å². The van der Waals surface area contributed by atoms with E-state index in [-0.39, 0.29) is 0 Å². The van der Waals surface area contributed by atoms with Gasteiger partial charge in [-0.15, -0.1) is 0 Å². The first-order valence-electron chi connectivity index (χ1n) is 3.01. The molecule has 0 unspecified atom stereocenters. The Kier molecular flexibility index (Phi) is 2.12. The Morgan fingerprint density at radius 3 is 2.30 bits per heavy atom. The standard InChI is InChI=1S/C7H10N2O/c1-9-6-2-4-7(10-8)5-3-6/h2-5,9H,8H2,1H3. The topological polar surface area (TPSA) is 47.3 Å². The highest BCUT2D eigenvalue weighted by molar-refractivity contribution is 5.45. The van der Waals surface area contributed by atoms with E-state index in [4.69, 9.17) is 5.90 Å². The summed E-state index contributed by atoms with van der Waals surface area (Å²) in [5, 5.41) is 2.98. The van der Waals surface area contributed by atoms with Gasteiger partial charge in [0.05, 0.1) is 0 Å². The van der Waals surface area contributed by atoms with Gasteiger partial charge in [0.25, 0.3) is 0 Å². The minimum atomic E-state index is 0.666. The van der Waals surface area contributed by atoms with E-state index in [1.165, 1.54) is 0 Å². The van der Waals surface area contributed by atoms with Crippen LogP contribution in [0.4, 0.5) is 5.69 Å². The molecule has 0 aromatic heterocycles. The summed E-state index contributed by atoms with van der Waals surface area (Å²) >= 11 is 0. The van der Waals surface area contributed by atoms with Crippen LogP contribution in [-0.2, 0) is 0 Å². The number of benzene rings is 1. The molecule has 0 aliphatic rings. The molecule has 0 heterocycles. The lowest BCUT2D eigenvalue weighted by molar-refractivity contribution is 0.334. The lowest BCUT2D eigenvalue weighted by Crippen LogP contribution is -2.01. The van der Waals surface area contributed by atoms with E-state index in [0.29, 0.717) is 5.75 Å². The van der Waals surface area contributed by atoms with Gasteiger partial charge in [-0.05, 0) is 24.3 Å². The lowest BCUT2D eigenvalue weighted by atomic mass is 10.3. The van der Waals surface area contributed by atoms with Crippen LogP contribution in [0.15, 0.2) is 24.3 Å². The summed E-state index contributed by atoms with van der Waals surface area (Å²) in [5.74, 6) is 5.59. The second-order valence-corrected chi connectivity index (χ2v) is 1.89. The molecule has 0 amide bonds. The molecule has 0 fully saturated rings. The van der Waals surface area contributed by atoms with Gasteiger partial charge in [-0.2, -0.15) is 5.90 Å². The molecule has 0 aliphatic heterocycles. The molecule has 0 saturated carbocycles. The highest BCUT2D eigenvalue weighted by atomic mass is 16.6. The van der Waals surface area contributed by atoms with E-state index in [0.717, 1.165) is 5.69 Å². The molecule has 0 spiro atoms. The summed E-state index contributed by atoms with van der Waals surface area (Å²) in [4.78, 5) is 4.49. The number of anilines is 1. The Morgan fingerprint density at radius 1 is 1.30 bits per heavy atom. The van der Waals surface area contributed by atoms with Crippen molar-refractivity contribution < 1.29 is 4.84 Å². The molecule has 0 saturated heterocycles. The molecule has 3 nitrogen and oxygen atoms in total. The van der Waals surface area contributed by atoms with Crippen LogP contribution in [0.25, 0.3) is 0 Å². The van der Waals surface area contributed by atoms with Crippen molar-refractivity contribution in [3.63, 3.8) is 0 Å². The van der Waals surface area contributed by atoms with Crippen LogP contribution in [0.1, 0.15) is 0 Å². The maximum Gasteiger partial charge on any atom is 0.146 e. The van der Waals surface area contributed by atoms with Crippen molar-refractivity contribution >= 4 is 5.69 Å². The Labute approximate surface area is 59.8 Å². The van der Waals surface area contributed by atoms with Crippen molar-refractivity contribution in [2.24, 2.45) is 5.90 Å². The Hall–Kier alpha value is -1.22. The second-order valence-electron chi connectivity index (χ2n) is 1.89. The van der Waals surface area contributed by atoms with Crippen molar-refractivity contribution in [2.75, 3.05) is 12.4 Å². The minimum absolute atomic E-state index is 0.666. The third-order valence-corrected chi connectivity index (χ3v) is 1.28. The van der Waals surface area contributed by atoms with Gasteiger partial charge in [-0.1, -0.05) is 0 Å². The Balaban J connectivity index is 2.80. The maximum absolute atomic E-state index is 4.92. The molecular weight excluding hydrogens is 128 g/mol. The van der Waals surface area contributed by atoms with Crippen molar-refractivity contribution in [2.45, 2.75) is 0 Å². The average molecular weight is 138 g/mol. The van der Waals surface area contributed by atoms with Crippen LogP contribution in [0, 0.1) is 0 Å². The summed E-state index contributed by atoms with van der Waals surface area (Å²) in [6.07, 6.45) is 0. The van der Waals surface area contributed by atoms with E-state index in [1.54, 1.807) is 12.1 Å². The summed E-state index contributed by atoms with van der Waals surface area (Å²) in [7, 11) is 1.86. The fourth-order valence-electron chi connectivity index (χ4n) is 0.700. The highest BCUT2D eigenvalue weighted by Gasteiger charge is 1.89. The van der Waals surface area contributed by atoms with E-state index in [9.17, 15) is 0 Å². The second kappa shape index (κ2) is 3.08. The fraction of sp³-hybridized carbons (Fsp3) is 0.143. The van der Waals surface area contributed by atoms with Gasteiger partial charge < -0.3 is 10.2 Å². The molecule has 0 bridgehead atoms. The number of hydrogen-bond acceptors (Lipinski definition) is 3. The third-order valence-electron chi connectivity index (χ3n) is 1.28. The van der Waals surface area contributed by atoms with Gasteiger partial charge in [0.2, 0.25) is 0 Å². The first-order chi connectivity index (χ1) is 4.86. The highest BCUT2D eigenvalue weighted by Crippen LogP contribution is 2.13. The van der Waals surface area contributed by atoms with E-state index >= 15 is 0 Å². The van der Waals surface area contributed by atoms with E-state index in [2.05, 4.69) is 10.2 Å². The average Bonchev–Trinajstić information content (AvgIpc) is 2.05. The zero-order valence-corrected chi connectivity index (χ0v) is 5.79. The molecular formula is C7H10N2O. The quantitative estimate of drug-likeness (QED) is 0.599. The van der Waals surface area contributed by atoms with E-state index < -0.39 is 0 Å². The summed E-state index contributed by atoms with van der Waals surface area (Å²) < 4.78 is 0. The molecule has 0 atom stereocenters. The predicted octanol–water partition coefficient (Wildman–Crippen LogP) is 0.981. The van der Waals surface area contributed by atoms with Gasteiger partial charge >= 0.3 is 0 Å². The molecule has 3 N–H and O–H groups in total. The van der Waals surface area contributed by atoms with E-state index in [1.807, 2.05) is 19.2 Å². The molecule has 1 aromatic carbocycles. The van der Waals surface area contributed by atoms with Crippen molar-refractivity contribution in [3.8, 4) is 5.75 Å². The van der Waals surface area contributed by atoms with Gasteiger partial charge in [0.15, 0.2) is 0 Å². The molecule has 54 valence electrons. The van der Waals surface area contributed by atoms with Crippen LogP contribution in [0.5, 0.6) is 5.75 Å². The van der Waals surface area contributed by atoms with Crippen LogP contribution < -0.4 is 16.1 Å². The van der Waals surface area contributed by atoms with Gasteiger partial charge in [0, 0.05) is 12.7 Å². The minimum Gasteiger partial charge on any atom is -0.412 e. The molecule has 1 aromatic rings. The molecule has 3 heteroatoms. The maximum atomic E-state index is 4.92. The first kappa shape index (κ1) is 6.89. The Morgan fingerprint density at radius 2 is 1.90 bits per heavy atom. The van der Waals surface area contributed by atoms with Gasteiger partial charge in [0.1, 0.15) is 5.75 Å².